The molecule has 0 aromatic heterocycles. The smallest absolute Gasteiger partial charge is 0.341 e. The van der Waals surface area contributed by atoms with Crippen LogP contribution >= 0.6 is 7.60 Å². The van der Waals surface area contributed by atoms with Gasteiger partial charge in [-0.2, -0.15) is 8.78 Å². The van der Waals surface area contributed by atoms with E-state index in [9.17, 15) is 27.7 Å². The first-order valence-corrected chi connectivity index (χ1v) is 15.9. The second kappa shape index (κ2) is 13.9. The number of hydrogen-bond donors (Lipinski definition) is 4. The third-order valence-electron chi connectivity index (χ3n) is 7.88. The Morgan fingerprint density at radius 3 is 2.44 bits per heavy atom. The fourth-order valence-corrected chi connectivity index (χ4v) is 5.97. The van der Waals surface area contributed by atoms with Crippen molar-refractivity contribution in [3.63, 3.8) is 0 Å². The van der Waals surface area contributed by atoms with Gasteiger partial charge in [-0.15, -0.1) is 0 Å². The lowest BCUT2D eigenvalue weighted by molar-refractivity contribution is -0.146. The number of benzene rings is 2. The van der Waals surface area contributed by atoms with Gasteiger partial charge in [-0.25, -0.2) is 0 Å². The van der Waals surface area contributed by atoms with Gasteiger partial charge in [0.1, 0.15) is 12.1 Å². The number of nitrogens with one attached hydrogen (secondary N) is 1. The van der Waals surface area contributed by atoms with Gasteiger partial charge in [0.15, 0.2) is 0 Å². The normalized spacial score (nSPS) is 18.0. The maximum Gasteiger partial charge on any atom is 0.399 e. The van der Waals surface area contributed by atoms with Crippen molar-refractivity contribution < 1.29 is 37.5 Å². The number of likely N-dealkylation sites (tertiary alicyclic amines) is 1. The zero-order valence-electron chi connectivity index (χ0n) is 23.7. The van der Waals surface area contributed by atoms with Crippen LogP contribution in [0.25, 0.3) is 6.08 Å². The second-order valence-corrected chi connectivity index (χ2v) is 12.5. The quantitative estimate of drug-likeness (QED) is 0.172. The number of nitrogens with two attached hydrogens (primary N) is 1. The zero-order valence-corrected chi connectivity index (χ0v) is 24.6. The van der Waals surface area contributed by atoms with Crippen LogP contribution in [0.3, 0.4) is 0 Å². The van der Waals surface area contributed by atoms with E-state index in [1.54, 1.807) is 9.80 Å². The SMILES string of the molecule is NCCCCC(NC(=O)/C=C/c1ccc(C(F)(F)P(=O)(O)O)cc1)C(=O)N1CCC[C@H]1C(=O)N1CCc2ccccc2C1. The lowest BCUT2D eigenvalue weighted by atomic mass is 9.99. The summed E-state index contributed by atoms with van der Waals surface area (Å²) in [5, 5.41) is 2.72. The molecular weight excluding hydrogens is 581 g/mol. The van der Waals surface area contributed by atoms with Crippen LogP contribution in [-0.4, -0.2) is 69.0 Å². The number of amides is 3. The molecule has 2 aromatic carbocycles. The minimum atomic E-state index is -5.70. The Labute approximate surface area is 249 Å². The predicted octanol–water partition coefficient (Wildman–Crippen LogP) is 3.12. The molecule has 0 saturated carbocycles. The van der Waals surface area contributed by atoms with Crippen LogP contribution in [0.4, 0.5) is 8.78 Å². The average molecular weight is 619 g/mol. The molecule has 43 heavy (non-hydrogen) atoms. The van der Waals surface area contributed by atoms with E-state index in [0.29, 0.717) is 63.8 Å². The van der Waals surface area contributed by atoms with Gasteiger partial charge in [-0.3, -0.25) is 18.9 Å². The third kappa shape index (κ3) is 7.75. The highest BCUT2D eigenvalue weighted by Crippen LogP contribution is 2.59. The van der Waals surface area contributed by atoms with Gasteiger partial charge in [-0.1, -0.05) is 48.5 Å². The molecule has 1 saturated heterocycles. The fraction of sp³-hybridized carbons (Fsp3) is 0.433. The highest BCUT2D eigenvalue weighted by atomic mass is 31.2. The monoisotopic (exact) mass is 618 g/mol. The van der Waals surface area contributed by atoms with Gasteiger partial charge in [0.2, 0.25) is 17.7 Å². The Balaban J connectivity index is 1.42. The number of halogens is 2. The van der Waals surface area contributed by atoms with Crippen LogP contribution < -0.4 is 11.1 Å². The molecule has 1 unspecified atom stereocenters. The molecule has 1 fully saturated rings. The summed E-state index contributed by atoms with van der Waals surface area (Å²) in [5.74, 6) is -1.03. The summed E-state index contributed by atoms with van der Waals surface area (Å²) in [7, 11) is -5.70. The lowest BCUT2D eigenvalue weighted by Crippen LogP contribution is -2.54. The summed E-state index contributed by atoms with van der Waals surface area (Å²) in [5.41, 5.74) is 3.10. The van der Waals surface area contributed by atoms with Gasteiger partial charge in [-0.05, 0) is 67.8 Å². The molecule has 2 atom stereocenters. The highest BCUT2D eigenvalue weighted by molar-refractivity contribution is 7.52. The van der Waals surface area contributed by atoms with Gasteiger partial charge in [0.25, 0.3) is 0 Å². The summed E-state index contributed by atoms with van der Waals surface area (Å²) in [4.78, 5) is 61.3. The lowest BCUT2D eigenvalue weighted by Gasteiger charge is -2.34. The molecule has 5 N–H and O–H groups in total. The number of alkyl halides is 2. The summed E-state index contributed by atoms with van der Waals surface area (Å²) in [6, 6.07) is 10.7. The number of fused-ring (bicyclic) bond motifs is 1. The van der Waals surface area contributed by atoms with Crippen LogP contribution in [0.1, 0.15) is 54.4 Å². The molecule has 2 heterocycles. The maximum atomic E-state index is 13.9. The van der Waals surface area contributed by atoms with E-state index in [-0.39, 0.29) is 11.8 Å². The average Bonchev–Trinajstić information content (AvgIpc) is 3.48. The Morgan fingerprint density at radius 1 is 1.07 bits per heavy atom. The molecule has 0 radical (unpaired) electrons. The summed E-state index contributed by atoms with van der Waals surface area (Å²) < 4.78 is 38.9. The molecular formula is C30H37F2N4O6P. The summed E-state index contributed by atoms with van der Waals surface area (Å²) in [6.07, 6.45) is 6.02. The Kier molecular flexibility index (Phi) is 10.5. The van der Waals surface area contributed by atoms with E-state index in [1.807, 2.05) is 18.2 Å². The van der Waals surface area contributed by atoms with Crippen molar-refractivity contribution in [1.29, 1.82) is 0 Å². The molecule has 3 amide bonds. The van der Waals surface area contributed by atoms with Crippen LogP contribution in [0.15, 0.2) is 54.6 Å². The second-order valence-electron chi connectivity index (χ2n) is 10.9. The molecule has 0 bridgehead atoms. The van der Waals surface area contributed by atoms with Crippen LogP contribution in [0.5, 0.6) is 0 Å². The standard InChI is InChI=1S/C30H37F2N4O6P/c31-30(32,43(40,41)42)24-13-10-21(11-14-24)12-15-27(37)34-25(8-3-4-17-33)28(38)36-18-5-9-26(36)29(39)35-19-16-22-6-1-2-7-23(22)20-35/h1-2,6-7,10-15,25-26H,3-5,8-9,16-20,33H2,(H,34,37)(H2,40,41,42)/b15-12+/t25?,26-/m0/s1. The molecule has 232 valence electrons. The van der Waals surface area contributed by atoms with E-state index in [4.69, 9.17) is 15.5 Å². The van der Waals surface area contributed by atoms with E-state index >= 15 is 0 Å². The molecule has 10 nitrogen and oxygen atoms in total. The topological polar surface area (TPSA) is 153 Å². The van der Waals surface area contributed by atoms with Crippen molar-refractivity contribution in [3.8, 4) is 0 Å². The number of hydrogen-bond acceptors (Lipinski definition) is 5. The van der Waals surface area contributed by atoms with E-state index in [1.165, 1.54) is 23.8 Å². The van der Waals surface area contributed by atoms with Crippen LogP contribution in [-0.2, 0) is 37.6 Å². The fourth-order valence-electron chi connectivity index (χ4n) is 5.49. The molecule has 2 aliphatic heterocycles. The van der Waals surface area contributed by atoms with Gasteiger partial charge in [0.05, 0.1) is 0 Å². The van der Waals surface area contributed by atoms with E-state index in [0.717, 1.165) is 30.2 Å². The molecule has 0 spiro atoms. The van der Waals surface area contributed by atoms with Crippen molar-refractivity contribution in [3.05, 3.63) is 76.9 Å². The van der Waals surface area contributed by atoms with Gasteiger partial charge in [0, 0.05) is 31.3 Å². The minimum absolute atomic E-state index is 0.0972. The molecule has 2 aromatic rings. The predicted molar refractivity (Wildman–Crippen MR) is 157 cm³/mol. The zero-order chi connectivity index (χ0) is 31.2. The number of rotatable bonds is 11. The number of unbranched alkanes of at least 4 members (excludes halogenated alkanes) is 1. The Morgan fingerprint density at radius 2 is 1.77 bits per heavy atom. The first-order valence-electron chi connectivity index (χ1n) is 14.3. The molecule has 2 aliphatic rings. The van der Waals surface area contributed by atoms with Crippen molar-refractivity contribution in [1.82, 2.24) is 15.1 Å². The minimum Gasteiger partial charge on any atom is -0.341 e. The highest BCUT2D eigenvalue weighted by Gasteiger charge is 2.50. The summed E-state index contributed by atoms with van der Waals surface area (Å²) in [6.45, 7) is 1.90. The van der Waals surface area contributed by atoms with Crippen molar-refractivity contribution in [2.24, 2.45) is 5.73 Å². The maximum absolute atomic E-state index is 13.9. The van der Waals surface area contributed by atoms with E-state index < -0.39 is 36.8 Å². The first-order chi connectivity index (χ1) is 20.4. The molecule has 13 heteroatoms. The third-order valence-corrected chi connectivity index (χ3v) is 8.87. The number of carbonyl (C=O) groups excluding carboxylic acids is 3. The van der Waals surface area contributed by atoms with Crippen molar-refractivity contribution in [2.45, 2.75) is 62.8 Å². The summed E-state index contributed by atoms with van der Waals surface area (Å²) >= 11 is 0. The van der Waals surface area contributed by atoms with E-state index in [2.05, 4.69) is 11.4 Å². The van der Waals surface area contributed by atoms with Crippen molar-refractivity contribution >= 4 is 31.4 Å². The Bertz CT molecular complexity index is 1400. The number of carbonyl (C=O) groups is 3. The Hall–Kier alpha value is -3.44. The molecule has 4 rings (SSSR count). The van der Waals surface area contributed by atoms with Crippen LogP contribution in [0.2, 0.25) is 0 Å². The van der Waals surface area contributed by atoms with Gasteiger partial charge < -0.3 is 30.6 Å². The number of nitrogens with zero attached hydrogens (tertiary/aromatic N) is 2. The first kappa shape index (κ1) is 32.5. The molecule has 0 aliphatic carbocycles. The van der Waals surface area contributed by atoms with Crippen LogP contribution in [0, 0.1) is 0 Å². The largest absolute Gasteiger partial charge is 0.399 e. The van der Waals surface area contributed by atoms with Gasteiger partial charge >= 0.3 is 13.3 Å². The van der Waals surface area contributed by atoms with Crippen molar-refractivity contribution in [2.75, 3.05) is 19.6 Å².